The molecule has 0 aromatic heterocycles. The third-order valence-electron chi connectivity index (χ3n) is 4.54. The summed E-state index contributed by atoms with van der Waals surface area (Å²) in [5.74, 6) is -0.0731. The molecule has 0 aliphatic heterocycles. The molecule has 0 spiro atoms. The second kappa shape index (κ2) is 9.94. The lowest BCUT2D eigenvalue weighted by atomic mass is 10.1. The van der Waals surface area contributed by atoms with Crippen molar-refractivity contribution in [2.24, 2.45) is 0 Å². The van der Waals surface area contributed by atoms with Crippen molar-refractivity contribution in [1.82, 2.24) is 5.32 Å². The van der Waals surface area contributed by atoms with Gasteiger partial charge >= 0.3 is 0 Å². The first-order valence-electron chi connectivity index (χ1n) is 9.59. The van der Waals surface area contributed by atoms with Gasteiger partial charge in [-0.15, -0.1) is 0 Å². The monoisotopic (exact) mass is 422 g/mol. The normalized spacial score (nSPS) is 11.4. The highest BCUT2D eigenvalue weighted by Gasteiger charge is 2.18. The molecule has 0 aliphatic carbocycles. The quantitative estimate of drug-likeness (QED) is 0.564. The summed E-state index contributed by atoms with van der Waals surface area (Å²) < 4.78 is 5.72. The molecular formula is C24H23ClN2O3. The number of amides is 2. The maximum absolute atomic E-state index is 12.6. The molecule has 6 heteroatoms. The highest BCUT2D eigenvalue weighted by atomic mass is 35.5. The van der Waals surface area contributed by atoms with Crippen molar-refractivity contribution in [3.8, 4) is 5.75 Å². The van der Waals surface area contributed by atoms with Gasteiger partial charge in [0.25, 0.3) is 11.8 Å². The van der Waals surface area contributed by atoms with Crippen molar-refractivity contribution in [2.75, 3.05) is 5.32 Å². The molecule has 3 aromatic rings. The Morgan fingerprint density at radius 2 is 1.70 bits per heavy atom. The number of halogens is 1. The fourth-order valence-corrected chi connectivity index (χ4v) is 2.96. The minimum absolute atomic E-state index is 0.267. The van der Waals surface area contributed by atoms with Crippen LogP contribution in [0.25, 0.3) is 0 Å². The van der Waals surface area contributed by atoms with Crippen LogP contribution in [-0.2, 0) is 11.3 Å². The molecule has 0 radical (unpaired) electrons. The molecule has 0 fully saturated rings. The number of rotatable bonds is 7. The van der Waals surface area contributed by atoms with Gasteiger partial charge in [-0.05, 0) is 55.3 Å². The van der Waals surface area contributed by atoms with Gasteiger partial charge in [0.05, 0.1) is 11.3 Å². The molecule has 1 unspecified atom stereocenters. The van der Waals surface area contributed by atoms with Crippen molar-refractivity contribution < 1.29 is 14.3 Å². The number of benzene rings is 3. The summed E-state index contributed by atoms with van der Waals surface area (Å²) in [6.45, 7) is 3.92. The Kier molecular flexibility index (Phi) is 7.09. The molecule has 0 saturated heterocycles. The van der Waals surface area contributed by atoms with Crippen LogP contribution in [0.2, 0.25) is 5.02 Å². The highest BCUT2D eigenvalue weighted by molar-refractivity contribution is 6.31. The largest absolute Gasteiger partial charge is 0.481 e. The number of nitrogens with one attached hydrogen (secondary N) is 2. The molecule has 154 valence electrons. The summed E-state index contributed by atoms with van der Waals surface area (Å²) in [5.41, 5.74) is 2.67. The summed E-state index contributed by atoms with van der Waals surface area (Å²) in [5, 5.41) is 6.29. The van der Waals surface area contributed by atoms with Crippen molar-refractivity contribution in [2.45, 2.75) is 26.5 Å². The first kappa shape index (κ1) is 21.4. The van der Waals surface area contributed by atoms with Crippen molar-refractivity contribution in [1.29, 1.82) is 0 Å². The van der Waals surface area contributed by atoms with Crippen molar-refractivity contribution in [3.63, 3.8) is 0 Å². The minimum atomic E-state index is -0.758. The molecule has 0 saturated carbocycles. The Bertz CT molecular complexity index is 1040. The van der Waals surface area contributed by atoms with Crippen LogP contribution in [0, 0.1) is 6.92 Å². The van der Waals surface area contributed by atoms with E-state index in [0.29, 0.717) is 28.6 Å². The van der Waals surface area contributed by atoms with Gasteiger partial charge in [-0.2, -0.15) is 0 Å². The van der Waals surface area contributed by atoms with E-state index in [0.717, 1.165) is 11.1 Å². The van der Waals surface area contributed by atoms with Gasteiger partial charge in [0.1, 0.15) is 5.75 Å². The standard InChI is InChI=1S/C24H23ClN2O3/c1-16-14-19(12-13-21(16)25)30-17(2)23(28)27-22-11-7-6-10-20(22)24(29)26-15-18-8-4-3-5-9-18/h3-14,17H,15H2,1-2H3,(H,26,29)(H,27,28). The van der Waals surface area contributed by atoms with Crippen molar-refractivity contribution in [3.05, 3.63) is 94.5 Å². The van der Waals surface area contributed by atoms with Gasteiger partial charge < -0.3 is 15.4 Å². The smallest absolute Gasteiger partial charge is 0.265 e. The topological polar surface area (TPSA) is 67.4 Å². The Balaban J connectivity index is 1.65. The highest BCUT2D eigenvalue weighted by Crippen LogP contribution is 2.22. The van der Waals surface area contributed by atoms with E-state index >= 15 is 0 Å². The molecule has 1 atom stereocenters. The van der Waals surface area contributed by atoms with E-state index in [1.807, 2.05) is 37.3 Å². The zero-order valence-electron chi connectivity index (χ0n) is 16.8. The fraction of sp³-hybridized carbons (Fsp3) is 0.167. The second-order valence-electron chi connectivity index (χ2n) is 6.87. The zero-order valence-corrected chi connectivity index (χ0v) is 17.6. The van der Waals surface area contributed by atoms with E-state index in [2.05, 4.69) is 10.6 Å². The second-order valence-corrected chi connectivity index (χ2v) is 7.28. The third-order valence-corrected chi connectivity index (χ3v) is 4.96. The first-order valence-corrected chi connectivity index (χ1v) is 9.96. The van der Waals surface area contributed by atoms with Crippen LogP contribution >= 0.6 is 11.6 Å². The number of hydrogen-bond acceptors (Lipinski definition) is 3. The molecule has 2 N–H and O–H groups in total. The van der Waals surface area contributed by atoms with E-state index in [1.165, 1.54) is 0 Å². The van der Waals surface area contributed by atoms with Gasteiger partial charge in [-0.3, -0.25) is 9.59 Å². The Morgan fingerprint density at radius 3 is 2.43 bits per heavy atom. The maximum Gasteiger partial charge on any atom is 0.265 e. The van der Waals surface area contributed by atoms with E-state index in [1.54, 1.807) is 49.4 Å². The number of para-hydroxylation sites is 1. The lowest BCUT2D eigenvalue weighted by Gasteiger charge is -2.17. The summed E-state index contributed by atoms with van der Waals surface area (Å²) >= 11 is 6.03. The molecule has 0 aliphatic rings. The summed E-state index contributed by atoms with van der Waals surface area (Å²) in [6, 6.07) is 21.7. The van der Waals surface area contributed by atoms with Gasteiger partial charge in [0.15, 0.2) is 6.10 Å². The first-order chi connectivity index (χ1) is 14.4. The Labute approximate surface area is 181 Å². The minimum Gasteiger partial charge on any atom is -0.481 e. The average Bonchev–Trinajstić information content (AvgIpc) is 2.75. The number of carbonyl (C=O) groups excluding carboxylic acids is 2. The maximum atomic E-state index is 12.6. The number of anilines is 1. The molecule has 3 rings (SSSR count). The Hall–Kier alpha value is -3.31. The number of hydrogen-bond donors (Lipinski definition) is 2. The SMILES string of the molecule is Cc1cc(OC(C)C(=O)Nc2ccccc2C(=O)NCc2ccccc2)ccc1Cl. The predicted octanol–water partition coefficient (Wildman–Crippen LogP) is 4.98. The average molecular weight is 423 g/mol. The van der Waals surface area contributed by atoms with Crippen LogP contribution in [0.1, 0.15) is 28.4 Å². The van der Waals surface area contributed by atoms with E-state index in [9.17, 15) is 9.59 Å². The molecular weight excluding hydrogens is 400 g/mol. The van der Waals surface area contributed by atoms with Gasteiger partial charge in [0, 0.05) is 11.6 Å². The van der Waals surface area contributed by atoms with Crippen LogP contribution in [-0.4, -0.2) is 17.9 Å². The number of carbonyl (C=O) groups is 2. The summed E-state index contributed by atoms with van der Waals surface area (Å²) in [4.78, 5) is 25.3. The lowest BCUT2D eigenvalue weighted by Crippen LogP contribution is -2.31. The van der Waals surface area contributed by atoms with Crippen LogP contribution in [0.15, 0.2) is 72.8 Å². The van der Waals surface area contributed by atoms with Crippen molar-refractivity contribution >= 4 is 29.1 Å². The number of ether oxygens (including phenoxy) is 1. The summed E-state index contributed by atoms with van der Waals surface area (Å²) in [7, 11) is 0. The van der Waals surface area contributed by atoms with Crippen LogP contribution in [0.5, 0.6) is 5.75 Å². The summed E-state index contributed by atoms with van der Waals surface area (Å²) in [6.07, 6.45) is -0.758. The number of aryl methyl sites for hydroxylation is 1. The molecule has 0 bridgehead atoms. The van der Waals surface area contributed by atoms with Gasteiger partial charge in [-0.1, -0.05) is 54.1 Å². The predicted molar refractivity (Wildman–Crippen MR) is 119 cm³/mol. The fourth-order valence-electron chi connectivity index (χ4n) is 2.85. The molecule has 0 heterocycles. The van der Waals surface area contributed by atoms with E-state index in [4.69, 9.17) is 16.3 Å². The van der Waals surface area contributed by atoms with Crippen LogP contribution in [0.3, 0.4) is 0 Å². The lowest BCUT2D eigenvalue weighted by molar-refractivity contribution is -0.122. The van der Waals surface area contributed by atoms with E-state index in [-0.39, 0.29) is 11.8 Å². The third kappa shape index (κ3) is 5.61. The van der Waals surface area contributed by atoms with Gasteiger partial charge in [-0.25, -0.2) is 0 Å². The molecule has 30 heavy (non-hydrogen) atoms. The zero-order chi connectivity index (χ0) is 21.5. The molecule has 2 amide bonds. The molecule has 5 nitrogen and oxygen atoms in total. The van der Waals surface area contributed by atoms with Crippen LogP contribution < -0.4 is 15.4 Å². The van der Waals surface area contributed by atoms with E-state index < -0.39 is 6.10 Å². The Morgan fingerprint density at radius 1 is 1.00 bits per heavy atom. The van der Waals surface area contributed by atoms with Gasteiger partial charge in [0.2, 0.25) is 0 Å². The molecule has 3 aromatic carbocycles. The van der Waals surface area contributed by atoms with Crippen LogP contribution in [0.4, 0.5) is 5.69 Å².